The Bertz CT molecular complexity index is 710. The standard InChI is InChI=1S/C17H17ClN2O2S/c1-22-13-6-4-5-12(11-13)19-17(21)20-9-10-23-16(20)14-7-2-3-8-15(14)18/h2-8,11,16H,9-10H2,1H3,(H,19,21)/t16-/m0/s1. The predicted octanol–water partition coefficient (Wildman–Crippen LogP) is 4.63. The first-order valence-corrected chi connectivity index (χ1v) is 8.69. The number of anilines is 1. The molecule has 1 heterocycles. The second kappa shape index (κ2) is 7.15. The number of thioether (sulfide) groups is 1. The molecular weight excluding hydrogens is 332 g/mol. The summed E-state index contributed by atoms with van der Waals surface area (Å²) in [6.45, 7) is 0.691. The Balaban J connectivity index is 1.77. The highest BCUT2D eigenvalue weighted by atomic mass is 35.5. The van der Waals surface area contributed by atoms with Crippen LogP contribution in [0, 0.1) is 0 Å². The number of urea groups is 1. The zero-order chi connectivity index (χ0) is 16.2. The Kier molecular flexibility index (Phi) is 4.98. The highest BCUT2D eigenvalue weighted by Gasteiger charge is 2.31. The molecule has 0 bridgehead atoms. The minimum absolute atomic E-state index is 0.0608. The fourth-order valence-corrected chi connectivity index (χ4v) is 4.10. The van der Waals surface area contributed by atoms with Crippen molar-refractivity contribution < 1.29 is 9.53 Å². The maximum absolute atomic E-state index is 12.6. The van der Waals surface area contributed by atoms with Crippen LogP contribution in [-0.2, 0) is 0 Å². The number of methoxy groups -OCH3 is 1. The van der Waals surface area contributed by atoms with Gasteiger partial charge >= 0.3 is 6.03 Å². The summed E-state index contributed by atoms with van der Waals surface area (Å²) >= 11 is 8.01. The van der Waals surface area contributed by atoms with E-state index in [9.17, 15) is 4.79 Å². The van der Waals surface area contributed by atoms with Crippen molar-refractivity contribution in [2.24, 2.45) is 0 Å². The van der Waals surface area contributed by atoms with Gasteiger partial charge in [0.15, 0.2) is 0 Å². The average molecular weight is 349 g/mol. The van der Waals surface area contributed by atoms with Gasteiger partial charge in [0.05, 0.1) is 7.11 Å². The van der Waals surface area contributed by atoms with Crippen molar-refractivity contribution in [3.8, 4) is 5.75 Å². The molecule has 1 aliphatic rings. The van der Waals surface area contributed by atoms with E-state index in [1.807, 2.05) is 47.4 Å². The van der Waals surface area contributed by atoms with Crippen LogP contribution in [0.1, 0.15) is 10.9 Å². The normalized spacial score (nSPS) is 17.1. The summed E-state index contributed by atoms with van der Waals surface area (Å²) in [5.41, 5.74) is 1.68. The summed E-state index contributed by atoms with van der Waals surface area (Å²) in [5, 5.41) is 3.55. The smallest absolute Gasteiger partial charge is 0.323 e. The molecule has 1 atom stereocenters. The number of ether oxygens (including phenoxy) is 1. The molecule has 2 aromatic carbocycles. The summed E-state index contributed by atoms with van der Waals surface area (Å²) in [7, 11) is 1.60. The van der Waals surface area contributed by atoms with E-state index in [0.717, 1.165) is 11.3 Å². The number of hydrogen-bond acceptors (Lipinski definition) is 3. The lowest BCUT2D eigenvalue weighted by Crippen LogP contribution is -2.34. The lowest BCUT2D eigenvalue weighted by Gasteiger charge is -2.25. The van der Waals surface area contributed by atoms with E-state index < -0.39 is 0 Å². The van der Waals surface area contributed by atoms with Crippen LogP contribution in [0.2, 0.25) is 5.02 Å². The van der Waals surface area contributed by atoms with Gasteiger partial charge in [-0.15, -0.1) is 11.8 Å². The van der Waals surface area contributed by atoms with Crippen molar-refractivity contribution in [2.45, 2.75) is 5.37 Å². The molecule has 1 fully saturated rings. The van der Waals surface area contributed by atoms with E-state index in [0.29, 0.717) is 23.0 Å². The first kappa shape index (κ1) is 16.0. The van der Waals surface area contributed by atoms with Gasteiger partial charge in [0.25, 0.3) is 0 Å². The van der Waals surface area contributed by atoms with Gasteiger partial charge in [0.2, 0.25) is 0 Å². The van der Waals surface area contributed by atoms with Crippen molar-refractivity contribution >= 4 is 35.1 Å². The van der Waals surface area contributed by atoms with Crippen molar-refractivity contribution in [2.75, 3.05) is 24.7 Å². The molecule has 6 heteroatoms. The Morgan fingerprint density at radius 3 is 2.91 bits per heavy atom. The SMILES string of the molecule is COc1cccc(NC(=O)N2CCS[C@H]2c2ccccc2Cl)c1. The molecular formula is C17H17ClN2O2S. The number of benzene rings is 2. The fraction of sp³-hybridized carbons (Fsp3) is 0.235. The zero-order valence-corrected chi connectivity index (χ0v) is 14.2. The maximum Gasteiger partial charge on any atom is 0.323 e. The third-order valence-corrected chi connectivity index (χ3v) is 5.23. The molecule has 1 saturated heterocycles. The third-order valence-electron chi connectivity index (χ3n) is 3.64. The van der Waals surface area contributed by atoms with E-state index in [4.69, 9.17) is 16.3 Å². The molecule has 1 aliphatic heterocycles. The van der Waals surface area contributed by atoms with Gasteiger partial charge in [-0.1, -0.05) is 35.9 Å². The lowest BCUT2D eigenvalue weighted by molar-refractivity contribution is 0.214. The minimum Gasteiger partial charge on any atom is -0.497 e. The van der Waals surface area contributed by atoms with E-state index in [2.05, 4.69) is 5.32 Å². The highest BCUT2D eigenvalue weighted by molar-refractivity contribution is 7.99. The summed E-state index contributed by atoms with van der Waals surface area (Å²) < 4.78 is 5.18. The van der Waals surface area contributed by atoms with Crippen LogP contribution >= 0.6 is 23.4 Å². The molecule has 2 amide bonds. The van der Waals surface area contributed by atoms with E-state index in [-0.39, 0.29) is 11.4 Å². The average Bonchev–Trinajstić information content (AvgIpc) is 3.05. The van der Waals surface area contributed by atoms with Crippen molar-refractivity contribution in [3.05, 3.63) is 59.1 Å². The molecule has 23 heavy (non-hydrogen) atoms. The fourth-order valence-electron chi connectivity index (χ4n) is 2.51. The Labute approximate surface area is 144 Å². The van der Waals surface area contributed by atoms with Crippen molar-refractivity contribution in [1.29, 1.82) is 0 Å². The third kappa shape index (κ3) is 3.57. The van der Waals surface area contributed by atoms with Crippen LogP contribution in [0.5, 0.6) is 5.75 Å². The van der Waals surface area contributed by atoms with Gasteiger partial charge in [0.1, 0.15) is 11.1 Å². The minimum atomic E-state index is -0.131. The number of rotatable bonds is 3. The molecule has 120 valence electrons. The quantitative estimate of drug-likeness (QED) is 0.879. The second-order valence-electron chi connectivity index (χ2n) is 5.10. The highest BCUT2D eigenvalue weighted by Crippen LogP contribution is 2.41. The van der Waals surface area contributed by atoms with Gasteiger partial charge in [-0.2, -0.15) is 0 Å². The van der Waals surface area contributed by atoms with Crippen molar-refractivity contribution in [3.63, 3.8) is 0 Å². The Hall–Kier alpha value is -1.85. The summed E-state index contributed by atoms with van der Waals surface area (Å²) in [4.78, 5) is 14.4. The predicted molar refractivity (Wildman–Crippen MR) is 95.4 cm³/mol. The summed E-state index contributed by atoms with van der Waals surface area (Å²) in [6.07, 6.45) is 0. The van der Waals surface area contributed by atoms with Gasteiger partial charge < -0.3 is 15.0 Å². The lowest BCUT2D eigenvalue weighted by atomic mass is 10.2. The molecule has 4 nitrogen and oxygen atoms in total. The van der Waals surface area contributed by atoms with Crippen LogP contribution in [-0.4, -0.2) is 30.3 Å². The van der Waals surface area contributed by atoms with Crippen LogP contribution in [0.3, 0.4) is 0 Å². The molecule has 0 radical (unpaired) electrons. The largest absolute Gasteiger partial charge is 0.497 e. The summed E-state index contributed by atoms with van der Waals surface area (Å²) in [5.74, 6) is 1.60. The molecule has 0 unspecified atom stereocenters. The monoisotopic (exact) mass is 348 g/mol. The number of halogens is 1. The van der Waals surface area contributed by atoms with Crippen LogP contribution in [0.25, 0.3) is 0 Å². The zero-order valence-electron chi connectivity index (χ0n) is 12.7. The van der Waals surface area contributed by atoms with Crippen LogP contribution in [0.4, 0.5) is 10.5 Å². The number of carbonyl (C=O) groups is 1. The van der Waals surface area contributed by atoms with Gasteiger partial charge in [0, 0.05) is 34.6 Å². The second-order valence-corrected chi connectivity index (χ2v) is 6.70. The number of nitrogens with one attached hydrogen (secondary N) is 1. The summed E-state index contributed by atoms with van der Waals surface area (Å²) in [6, 6.07) is 14.9. The maximum atomic E-state index is 12.6. The van der Waals surface area contributed by atoms with Crippen molar-refractivity contribution in [1.82, 2.24) is 4.90 Å². The molecule has 0 aromatic heterocycles. The number of amides is 2. The molecule has 2 aromatic rings. The number of nitrogens with zero attached hydrogens (tertiary/aromatic N) is 1. The van der Waals surface area contributed by atoms with Crippen LogP contribution < -0.4 is 10.1 Å². The topological polar surface area (TPSA) is 41.6 Å². The Morgan fingerprint density at radius 2 is 2.13 bits per heavy atom. The number of hydrogen-bond donors (Lipinski definition) is 1. The molecule has 3 rings (SSSR count). The van der Waals surface area contributed by atoms with E-state index >= 15 is 0 Å². The number of carbonyl (C=O) groups excluding carboxylic acids is 1. The van der Waals surface area contributed by atoms with Gasteiger partial charge in [-0.05, 0) is 18.2 Å². The van der Waals surface area contributed by atoms with Gasteiger partial charge in [-0.25, -0.2) is 4.79 Å². The first-order chi connectivity index (χ1) is 11.2. The van der Waals surface area contributed by atoms with Crippen LogP contribution in [0.15, 0.2) is 48.5 Å². The molecule has 1 N–H and O–H groups in total. The van der Waals surface area contributed by atoms with Gasteiger partial charge in [-0.3, -0.25) is 0 Å². The molecule has 0 spiro atoms. The first-order valence-electron chi connectivity index (χ1n) is 7.27. The van der Waals surface area contributed by atoms with E-state index in [1.165, 1.54) is 0 Å². The molecule has 0 saturated carbocycles. The Morgan fingerprint density at radius 1 is 1.30 bits per heavy atom. The molecule has 0 aliphatic carbocycles. The van der Waals surface area contributed by atoms with E-state index in [1.54, 1.807) is 24.9 Å².